The van der Waals surface area contributed by atoms with Crippen LogP contribution < -0.4 is 5.32 Å². The van der Waals surface area contributed by atoms with Gasteiger partial charge in [0.1, 0.15) is 0 Å². The van der Waals surface area contributed by atoms with Crippen LogP contribution in [0.2, 0.25) is 0 Å². The molecule has 1 atom stereocenters. The summed E-state index contributed by atoms with van der Waals surface area (Å²) >= 11 is 1.85. The summed E-state index contributed by atoms with van der Waals surface area (Å²) in [6.07, 6.45) is -4.13. The normalized spacial score (nSPS) is 14.3. The molecule has 3 rings (SSSR count). The van der Waals surface area contributed by atoms with Crippen LogP contribution in [-0.4, -0.2) is 64.6 Å². The van der Waals surface area contributed by atoms with Crippen molar-refractivity contribution in [1.82, 2.24) is 20.4 Å². The molecule has 2 aromatic rings. The van der Waals surface area contributed by atoms with E-state index in [1.54, 1.807) is 0 Å². The van der Waals surface area contributed by atoms with E-state index in [2.05, 4.69) is 39.5 Å². The number of aryl methyl sites for hydroxylation is 2. The van der Waals surface area contributed by atoms with E-state index in [1.165, 1.54) is 5.56 Å². The van der Waals surface area contributed by atoms with Crippen molar-refractivity contribution in [2.75, 3.05) is 26.4 Å². The number of hydrogen-bond acceptors (Lipinski definition) is 5. The Labute approximate surface area is 182 Å². The van der Waals surface area contributed by atoms with Crippen molar-refractivity contribution in [2.45, 2.75) is 31.3 Å². The van der Waals surface area contributed by atoms with Crippen molar-refractivity contribution in [3.8, 4) is 0 Å². The number of hydrogen-bond donors (Lipinski definition) is 3. The van der Waals surface area contributed by atoms with Gasteiger partial charge in [-0.05, 0) is 44.3 Å². The molecule has 0 saturated carbocycles. The number of carboxylic acid groups (broad SMARTS) is 1. The Morgan fingerprint density at radius 3 is 2.55 bits per heavy atom. The van der Waals surface area contributed by atoms with Crippen LogP contribution in [0, 0.1) is 6.92 Å². The van der Waals surface area contributed by atoms with E-state index < -0.39 is 12.1 Å². The number of aromatic amines is 1. The Kier molecular flexibility index (Phi) is 8.52. The number of aliphatic carboxylic acids is 1. The van der Waals surface area contributed by atoms with Gasteiger partial charge in [-0.25, -0.2) is 4.79 Å². The maximum Gasteiger partial charge on any atom is 0.490 e. The quantitative estimate of drug-likeness (QED) is 0.637. The molecule has 1 aromatic heterocycles. The number of H-pyrrole nitrogens is 1. The summed E-state index contributed by atoms with van der Waals surface area (Å²) in [7, 11) is 4.04. The van der Waals surface area contributed by atoms with Gasteiger partial charge in [-0.1, -0.05) is 24.3 Å². The second kappa shape index (κ2) is 10.7. The van der Waals surface area contributed by atoms with E-state index in [0.29, 0.717) is 5.69 Å². The van der Waals surface area contributed by atoms with Crippen LogP contribution in [0.4, 0.5) is 13.2 Å². The summed E-state index contributed by atoms with van der Waals surface area (Å²) < 4.78 is 31.7. The minimum Gasteiger partial charge on any atom is -0.475 e. The third kappa shape index (κ3) is 7.00. The largest absolute Gasteiger partial charge is 0.490 e. The number of nitrogens with zero attached hydrogens (tertiary/aromatic N) is 2. The number of alkyl halides is 3. The first-order chi connectivity index (χ1) is 14.5. The van der Waals surface area contributed by atoms with Gasteiger partial charge in [-0.3, -0.25) is 9.89 Å². The number of carbonyl (C=O) groups excluding carboxylic acids is 1. The maximum absolute atomic E-state index is 12.8. The average molecular weight is 459 g/mol. The van der Waals surface area contributed by atoms with Crippen LogP contribution in [0.25, 0.3) is 0 Å². The Hall–Kier alpha value is -2.53. The van der Waals surface area contributed by atoms with Gasteiger partial charge in [0.15, 0.2) is 5.69 Å². The van der Waals surface area contributed by atoms with E-state index in [-0.39, 0.29) is 11.9 Å². The molecule has 1 amide bonds. The smallest absolute Gasteiger partial charge is 0.475 e. The molecule has 0 spiro atoms. The van der Waals surface area contributed by atoms with Crippen LogP contribution >= 0.6 is 11.8 Å². The maximum atomic E-state index is 12.8. The number of carbonyl (C=O) groups is 2. The third-order valence-electron chi connectivity index (χ3n) is 4.57. The summed E-state index contributed by atoms with van der Waals surface area (Å²) in [4.78, 5) is 23.8. The Balaban J connectivity index is 0.000000423. The number of rotatable bonds is 5. The van der Waals surface area contributed by atoms with Crippen LogP contribution in [-0.2, 0) is 17.0 Å². The first-order valence-electron chi connectivity index (χ1n) is 9.45. The topological polar surface area (TPSA) is 98.3 Å². The number of likely N-dealkylation sites (N-methyl/N-ethyl adjacent to an activating group) is 1. The predicted molar refractivity (Wildman–Crippen MR) is 112 cm³/mol. The highest BCUT2D eigenvalue weighted by atomic mass is 32.2. The molecular weight excluding hydrogens is 433 g/mol. The summed E-state index contributed by atoms with van der Waals surface area (Å²) in [5, 5.41) is 17.6. The molecule has 7 nitrogen and oxygen atoms in total. The number of amides is 1. The van der Waals surface area contributed by atoms with Gasteiger partial charge in [0.25, 0.3) is 5.91 Å². The van der Waals surface area contributed by atoms with Gasteiger partial charge in [0.05, 0.1) is 6.04 Å². The summed E-state index contributed by atoms with van der Waals surface area (Å²) in [6, 6.07) is 8.15. The molecule has 1 aliphatic rings. The zero-order valence-corrected chi connectivity index (χ0v) is 18.2. The van der Waals surface area contributed by atoms with E-state index in [0.717, 1.165) is 41.3 Å². The minimum atomic E-state index is -5.08. The van der Waals surface area contributed by atoms with Crippen molar-refractivity contribution in [3.63, 3.8) is 0 Å². The van der Waals surface area contributed by atoms with Crippen LogP contribution in [0.3, 0.4) is 0 Å². The first kappa shape index (κ1) is 24.7. The van der Waals surface area contributed by atoms with Gasteiger partial charge in [-0.15, -0.1) is 0 Å². The lowest BCUT2D eigenvalue weighted by molar-refractivity contribution is -0.192. The monoisotopic (exact) mass is 458 g/mol. The van der Waals surface area contributed by atoms with E-state index >= 15 is 0 Å². The van der Waals surface area contributed by atoms with Crippen LogP contribution in [0.1, 0.15) is 38.9 Å². The van der Waals surface area contributed by atoms with Gasteiger partial charge >= 0.3 is 12.1 Å². The molecule has 0 saturated heterocycles. The molecule has 0 bridgehead atoms. The van der Waals surface area contributed by atoms with Gasteiger partial charge in [0.2, 0.25) is 0 Å². The molecular formula is C20H25F3N4O3S. The molecule has 1 unspecified atom stereocenters. The highest BCUT2D eigenvalue weighted by molar-refractivity contribution is 7.98. The van der Waals surface area contributed by atoms with E-state index in [9.17, 15) is 18.0 Å². The number of carboxylic acids is 1. The fraction of sp³-hybridized carbons (Fsp3) is 0.450. The molecule has 2 heterocycles. The summed E-state index contributed by atoms with van der Waals surface area (Å²) in [6.45, 7) is 2.83. The summed E-state index contributed by atoms with van der Waals surface area (Å²) in [5.41, 5.74) is 5.06. The molecule has 0 aliphatic carbocycles. The Morgan fingerprint density at radius 2 is 1.97 bits per heavy atom. The fourth-order valence-corrected chi connectivity index (χ4v) is 4.10. The number of nitrogens with one attached hydrogen (secondary N) is 2. The number of aromatic nitrogens is 2. The van der Waals surface area contributed by atoms with Gasteiger partial charge < -0.3 is 15.3 Å². The summed E-state index contributed by atoms with van der Waals surface area (Å²) in [5.74, 6) is -0.905. The third-order valence-corrected chi connectivity index (χ3v) is 5.56. The zero-order chi connectivity index (χ0) is 23.2. The highest BCUT2D eigenvalue weighted by Crippen LogP contribution is 2.26. The van der Waals surface area contributed by atoms with Crippen molar-refractivity contribution >= 4 is 23.6 Å². The first-order valence-corrected chi connectivity index (χ1v) is 10.6. The number of benzene rings is 1. The second-order valence-corrected chi connectivity index (χ2v) is 8.38. The molecule has 31 heavy (non-hydrogen) atoms. The molecule has 0 fully saturated rings. The lowest BCUT2D eigenvalue weighted by atomic mass is 10.0. The van der Waals surface area contributed by atoms with Crippen LogP contribution in [0.15, 0.2) is 24.3 Å². The van der Waals surface area contributed by atoms with Gasteiger partial charge in [0, 0.05) is 23.6 Å². The van der Waals surface area contributed by atoms with Crippen molar-refractivity contribution in [3.05, 3.63) is 52.3 Å². The zero-order valence-electron chi connectivity index (χ0n) is 17.4. The molecule has 1 aliphatic heterocycles. The molecule has 0 radical (unpaired) electrons. The minimum absolute atomic E-state index is 0.0581. The van der Waals surface area contributed by atoms with E-state index in [1.807, 2.05) is 38.0 Å². The molecule has 1 aromatic carbocycles. The van der Waals surface area contributed by atoms with Crippen molar-refractivity contribution < 1.29 is 27.9 Å². The lowest BCUT2D eigenvalue weighted by Crippen LogP contribution is -2.36. The van der Waals surface area contributed by atoms with Crippen LogP contribution in [0.5, 0.6) is 0 Å². The van der Waals surface area contributed by atoms with Crippen molar-refractivity contribution in [2.24, 2.45) is 0 Å². The molecule has 11 heteroatoms. The average Bonchev–Trinajstić information content (AvgIpc) is 3.11. The standard InChI is InChI=1S/C18H24N4OS.C2HF3O2/c1-12-6-4-5-7-13(12)16(10-22(2)3)19-18(23)17-14-11-24-9-8-15(14)20-21-17;3-2(4,5)1(6)7/h4-7,16H,8-11H2,1-3H3,(H,19,23)(H,20,21);(H,6,7). The van der Waals surface area contributed by atoms with Crippen molar-refractivity contribution in [1.29, 1.82) is 0 Å². The predicted octanol–water partition coefficient (Wildman–Crippen LogP) is 3.17. The lowest BCUT2D eigenvalue weighted by Gasteiger charge is -2.24. The van der Waals surface area contributed by atoms with E-state index in [4.69, 9.17) is 9.90 Å². The second-order valence-electron chi connectivity index (χ2n) is 7.28. The SMILES string of the molecule is Cc1ccccc1C(CN(C)C)NC(=O)c1n[nH]c2c1CSCC2.O=C(O)C(F)(F)F. The fourth-order valence-electron chi connectivity index (χ4n) is 3.09. The highest BCUT2D eigenvalue weighted by Gasteiger charge is 2.38. The van der Waals surface area contributed by atoms with Gasteiger partial charge in [-0.2, -0.15) is 30.0 Å². The number of fused-ring (bicyclic) bond motifs is 1. The number of thioether (sulfide) groups is 1. The molecule has 170 valence electrons. The molecule has 3 N–H and O–H groups in total. The number of halogens is 3. The Morgan fingerprint density at radius 1 is 1.32 bits per heavy atom. The Bertz CT molecular complexity index is 915.